The Labute approximate surface area is 120 Å². The Morgan fingerprint density at radius 1 is 1.20 bits per heavy atom. The molecule has 5 heteroatoms. The zero-order chi connectivity index (χ0) is 14.7. The molecule has 0 spiro atoms. The van der Waals surface area contributed by atoms with Crippen molar-refractivity contribution in [3.8, 4) is 5.75 Å². The molecule has 2 rings (SSSR count). The summed E-state index contributed by atoms with van der Waals surface area (Å²) >= 11 is 5.88. The van der Waals surface area contributed by atoms with Gasteiger partial charge in [0.1, 0.15) is 5.82 Å². The first-order chi connectivity index (χ1) is 9.52. The van der Waals surface area contributed by atoms with Gasteiger partial charge >= 0.3 is 0 Å². The molecular weight excluding hydrogens is 286 g/mol. The van der Waals surface area contributed by atoms with Gasteiger partial charge in [-0.15, -0.1) is 0 Å². The molecule has 0 amide bonds. The summed E-state index contributed by atoms with van der Waals surface area (Å²) in [6, 6.07) is 8.49. The maximum Gasteiger partial charge on any atom is 0.165 e. The van der Waals surface area contributed by atoms with E-state index in [0.29, 0.717) is 5.56 Å². The number of aliphatic hydroxyl groups excluding tert-OH is 1. The number of hydrogen-bond donors (Lipinski definition) is 1. The first-order valence-corrected chi connectivity index (χ1v) is 6.35. The van der Waals surface area contributed by atoms with Crippen molar-refractivity contribution in [3.05, 3.63) is 64.2 Å². The lowest BCUT2D eigenvalue weighted by molar-refractivity contribution is 0.173. The molecule has 0 bridgehead atoms. The topological polar surface area (TPSA) is 29.5 Å². The number of rotatable bonds is 4. The largest absolute Gasteiger partial charge is 0.494 e. The van der Waals surface area contributed by atoms with Gasteiger partial charge < -0.3 is 9.84 Å². The molecule has 0 aliphatic heterocycles. The Morgan fingerprint density at radius 3 is 2.55 bits per heavy atom. The van der Waals surface area contributed by atoms with Gasteiger partial charge in [0.15, 0.2) is 11.6 Å². The minimum atomic E-state index is -1.14. The van der Waals surface area contributed by atoms with Crippen LogP contribution in [0.15, 0.2) is 36.4 Å². The minimum Gasteiger partial charge on any atom is -0.494 e. The van der Waals surface area contributed by atoms with Gasteiger partial charge in [-0.25, -0.2) is 8.78 Å². The van der Waals surface area contributed by atoms with E-state index in [9.17, 15) is 13.9 Å². The minimum absolute atomic E-state index is 0.0189. The van der Waals surface area contributed by atoms with Crippen LogP contribution in [0.25, 0.3) is 0 Å². The molecular formula is C15H13ClF2O2. The Balaban J connectivity index is 2.23. The van der Waals surface area contributed by atoms with Gasteiger partial charge in [0.25, 0.3) is 0 Å². The zero-order valence-electron chi connectivity index (χ0n) is 10.7. The summed E-state index contributed by atoms with van der Waals surface area (Å²) in [5.74, 6) is -0.997. The normalized spacial score (nSPS) is 12.2. The highest BCUT2D eigenvalue weighted by Gasteiger charge is 2.17. The van der Waals surface area contributed by atoms with Gasteiger partial charge in [0, 0.05) is 17.0 Å². The van der Waals surface area contributed by atoms with Crippen molar-refractivity contribution in [1.29, 1.82) is 0 Å². The number of halogens is 3. The van der Waals surface area contributed by atoms with Crippen LogP contribution in [0.3, 0.4) is 0 Å². The molecule has 1 N–H and O–H groups in total. The maximum atomic E-state index is 13.7. The fourth-order valence-electron chi connectivity index (χ4n) is 1.99. The van der Waals surface area contributed by atoms with Crippen molar-refractivity contribution in [3.63, 3.8) is 0 Å². The molecule has 20 heavy (non-hydrogen) atoms. The molecule has 0 radical (unpaired) electrons. The molecule has 0 heterocycles. The average Bonchev–Trinajstić information content (AvgIpc) is 2.38. The van der Waals surface area contributed by atoms with Gasteiger partial charge in [-0.05, 0) is 29.8 Å². The van der Waals surface area contributed by atoms with E-state index in [1.165, 1.54) is 37.4 Å². The second kappa shape index (κ2) is 6.20. The van der Waals surface area contributed by atoms with E-state index >= 15 is 0 Å². The summed E-state index contributed by atoms with van der Waals surface area (Å²) in [6.45, 7) is 0. The predicted molar refractivity (Wildman–Crippen MR) is 73.0 cm³/mol. The lowest BCUT2D eigenvalue weighted by Gasteiger charge is -2.14. The van der Waals surface area contributed by atoms with Gasteiger partial charge in [0.05, 0.1) is 13.2 Å². The SMILES string of the molecule is COc1ccc(CC(O)c2c(F)cccc2Cl)cc1F. The number of ether oxygens (including phenoxy) is 1. The Morgan fingerprint density at radius 2 is 1.95 bits per heavy atom. The van der Waals surface area contributed by atoms with E-state index in [-0.39, 0.29) is 22.8 Å². The lowest BCUT2D eigenvalue weighted by atomic mass is 10.0. The maximum absolute atomic E-state index is 13.7. The van der Waals surface area contributed by atoms with Crippen molar-refractivity contribution in [2.45, 2.75) is 12.5 Å². The number of hydrogen-bond acceptors (Lipinski definition) is 2. The number of aliphatic hydroxyl groups is 1. The summed E-state index contributed by atoms with van der Waals surface area (Å²) in [5, 5.41) is 10.2. The summed E-state index contributed by atoms with van der Waals surface area (Å²) < 4.78 is 32.0. The predicted octanol–water partition coefficient (Wildman–Crippen LogP) is 3.90. The smallest absolute Gasteiger partial charge is 0.165 e. The van der Waals surface area contributed by atoms with Gasteiger partial charge in [-0.3, -0.25) is 0 Å². The van der Waals surface area contributed by atoms with E-state index in [2.05, 4.69) is 0 Å². The average molecular weight is 299 g/mol. The molecule has 2 aromatic carbocycles. The van der Waals surface area contributed by atoms with Crippen LogP contribution in [0.1, 0.15) is 17.2 Å². The van der Waals surface area contributed by atoms with Crippen molar-refractivity contribution in [1.82, 2.24) is 0 Å². The van der Waals surface area contributed by atoms with Crippen LogP contribution in [0.4, 0.5) is 8.78 Å². The molecule has 0 saturated carbocycles. The summed E-state index contributed by atoms with van der Waals surface area (Å²) in [5.41, 5.74) is 0.542. The lowest BCUT2D eigenvalue weighted by Crippen LogP contribution is -2.05. The van der Waals surface area contributed by atoms with Crippen LogP contribution >= 0.6 is 11.6 Å². The molecule has 106 valence electrons. The van der Waals surface area contributed by atoms with Gasteiger partial charge in [-0.1, -0.05) is 23.7 Å². The van der Waals surface area contributed by atoms with Gasteiger partial charge in [-0.2, -0.15) is 0 Å². The summed E-state index contributed by atoms with van der Waals surface area (Å²) in [7, 11) is 1.37. The molecule has 2 nitrogen and oxygen atoms in total. The van der Waals surface area contributed by atoms with Gasteiger partial charge in [0.2, 0.25) is 0 Å². The number of methoxy groups -OCH3 is 1. The third kappa shape index (κ3) is 3.08. The highest BCUT2D eigenvalue weighted by Crippen LogP contribution is 2.29. The molecule has 0 fully saturated rings. The van der Waals surface area contributed by atoms with Crippen molar-refractivity contribution in [2.24, 2.45) is 0 Å². The van der Waals surface area contributed by atoms with Crippen LogP contribution in [0.2, 0.25) is 5.02 Å². The Kier molecular flexibility index (Phi) is 4.57. The molecule has 1 atom stereocenters. The van der Waals surface area contributed by atoms with E-state index in [0.717, 1.165) is 0 Å². The Bertz CT molecular complexity index is 597. The van der Waals surface area contributed by atoms with Crippen LogP contribution in [-0.2, 0) is 6.42 Å². The van der Waals surface area contributed by atoms with Crippen molar-refractivity contribution < 1.29 is 18.6 Å². The van der Waals surface area contributed by atoms with Crippen LogP contribution < -0.4 is 4.74 Å². The third-order valence-electron chi connectivity index (χ3n) is 2.98. The second-order valence-electron chi connectivity index (χ2n) is 4.32. The monoisotopic (exact) mass is 298 g/mol. The second-order valence-corrected chi connectivity index (χ2v) is 4.73. The molecule has 0 saturated heterocycles. The van der Waals surface area contributed by atoms with E-state index in [1.54, 1.807) is 6.07 Å². The quantitative estimate of drug-likeness (QED) is 0.927. The molecule has 2 aromatic rings. The molecule has 0 aliphatic rings. The fraction of sp³-hybridized carbons (Fsp3) is 0.200. The van der Waals surface area contributed by atoms with E-state index in [4.69, 9.17) is 16.3 Å². The number of benzene rings is 2. The molecule has 1 unspecified atom stereocenters. The standard InChI is InChI=1S/C15H13ClF2O2/c1-20-14-6-5-9(7-12(14)18)8-13(19)15-10(16)3-2-4-11(15)17/h2-7,13,19H,8H2,1H3. The van der Waals surface area contributed by atoms with Crippen molar-refractivity contribution >= 4 is 11.6 Å². The van der Waals surface area contributed by atoms with Crippen LogP contribution in [0.5, 0.6) is 5.75 Å². The first-order valence-electron chi connectivity index (χ1n) is 5.97. The molecule has 0 aromatic heterocycles. The van der Waals surface area contributed by atoms with Crippen LogP contribution in [0, 0.1) is 11.6 Å². The van der Waals surface area contributed by atoms with Crippen LogP contribution in [-0.4, -0.2) is 12.2 Å². The third-order valence-corrected chi connectivity index (χ3v) is 3.31. The van der Waals surface area contributed by atoms with E-state index in [1.807, 2.05) is 0 Å². The molecule has 0 aliphatic carbocycles. The Hall–Kier alpha value is -1.65. The summed E-state index contributed by atoms with van der Waals surface area (Å²) in [4.78, 5) is 0. The highest BCUT2D eigenvalue weighted by atomic mass is 35.5. The fourth-order valence-corrected chi connectivity index (χ4v) is 2.28. The highest BCUT2D eigenvalue weighted by molar-refractivity contribution is 6.31. The van der Waals surface area contributed by atoms with E-state index < -0.39 is 17.7 Å². The zero-order valence-corrected chi connectivity index (χ0v) is 11.5. The van der Waals surface area contributed by atoms with Crippen molar-refractivity contribution in [2.75, 3.05) is 7.11 Å². The first kappa shape index (κ1) is 14.8. The summed E-state index contributed by atoms with van der Waals surface area (Å²) in [6.07, 6.45) is -1.09.